The quantitative estimate of drug-likeness (QED) is 0.485. The van der Waals surface area contributed by atoms with Crippen LogP contribution in [0.3, 0.4) is 0 Å². The van der Waals surface area contributed by atoms with Gasteiger partial charge in [0.1, 0.15) is 0 Å². The first-order chi connectivity index (χ1) is 14.4. The third kappa shape index (κ3) is 5.61. The number of anilines is 4. The standard InChI is InChI=1S/C24H27N5O/c1-28(2)21-14-10-19(11-15-21)26-23(25-18-8-6-5-7-9-18)24(30)27-20-12-16-22(17-13-20)29(3)4/h5-17H,1-4H3,(H,25,26)(H,27,30). The molecule has 0 spiro atoms. The Labute approximate surface area is 177 Å². The highest BCUT2D eigenvalue weighted by molar-refractivity contribution is 6.46. The Kier molecular flexibility index (Phi) is 6.70. The molecule has 0 atom stereocenters. The molecule has 0 aliphatic rings. The first-order valence-corrected chi connectivity index (χ1v) is 9.69. The van der Waals surface area contributed by atoms with Crippen LogP contribution in [-0.4, -0.2) is 39.9 Å². The number of nitrogens with one attached hydrogen (secondary N) is 2. The van der Waals surface area contributed by atoms with Gasteiger partial charge in [0.25, 0.3) is 5.91 Å². The smallest absolute Gasteiger partial charge is 0.291 e. The molecule has 0 saturated carbocycles. The fourth-order valence-electron chi connectivity index (χ4n) is 2.78. The molecule has 3 aromatic rings. The molecule has 0 unspecified atom stereocenters. The zero-order chi connectivity index (χ0) is 21.5. The van der Waals surface area contributed by atoms with Gasteiger partial charge in [-0.2, -0.15) is 0 Å². The predicted octanol–water partition coefficient (Wildman–Crippen LogP) is 4.60. The van der Waals surface area contributed by atoms with E-state index in [0.717, 1.165) is 17.1 Å². The van der Waals surface area contributed by atoms with Crippen molar-refractivity contribution in [2.75, 3.05) is 48.6 Å². The highest BCUT2D eigenvalue weighted by atomic mass is 16.2. The van der Waals surface area contributed by atoms with Gasteiger partial charge in [-0.25, -0.2) is 4.99 Å². The van der Waals surface area contributed by atoms with E-state index in [-0.39, 0.29) is 11.7 Å². The first-order valence-electron chi connectivity index (χ1n) is 9.69. The molecule has 6 nitrogen and oxygen atoms in total. The minimum atomic E-state index is -0.312. The van der Waals surface area contributed by atoms with Gasteiger partial charge in [0.2, 0.25) is 0 Å². The number of amidine groups is 1. The van der Waals surface area contributed by atoms with Crippen LogP contribution in [-0.2, 0) is 4.79 Å². The minimum Gasteiger partial charge on any atom is -0.378 e. The van der Waals surface area contributed by atoms with E-state index in [1.54, 1.807) is 0 Å². The van der Waals surface area contributed by atoms with Gasteiger partial charge in [-0.3, -0.25) is 4.79 Å². The molecule has 0 bridgehead atoms. The number of benzene rings is 3. The molecule has 3 rings (SSSR count). The van der Waals surface area contributed by atoms with Crippen LogP contribution in [0.4, 0.5) is 28.4 Å². The van der Waals surface area contributed by atoms with E-state index in [4.69, 9.17) is 0 Å². The Bertz CT molecular complexity index is 994. The summed E-state index contributed by atoms with van der Waals surface area (Å²) < 4.78 is 0. The lowest BCUT2D eigenvalue weighted by Crippen LogP contribution is -2.29. The second-order valence-corrected chi connectivity index (χ2v) is 7.26. The summed E-state index contributed by atoms with van der Waals surface area (Å²) in [6.07, 6.45) is 0. The molecule has 0 heterocycles. The molecule has 3 aromatic carbocycles. The SMILES string of the molecule is CN(C)c1ccc(N=C(Nc2ccccc2)C(=O)Nc2ccc(N(C)C)cc2)cc1. The highest BCUT2D eigenvalue weighted by Crippen LogP contribution is 2.20. The van der Waals surface area contributed by atoms with Gasteiger partial charge in [-0.05, 0) is 60.7 Å². The molecular formula is C24H27N5O. The molecule has 1 amide bonds. The van der Waals surface area contributed by atoms with Crippen molar-refractivity contribution in [1.29, 1.82) is 0 Å². The van der Waals surface area contributed by atoms with E-state index >= 15 is 0 Å². The number of hydrogen-bond donors (Lipinski definition) is 2. The lowest BCUT2D eigenvalue weighted by atomic mass is 10.2. The van der Waals surface area contributed by atoms with Crippen LogP contribution in [0.25, 0.3) is 0 Å². The lowest BCUT2D eigenvalue weighted by molar-refractivity contribution is -0.110. The second-order valence-electron chi connectivity index (χ2n) is 7.26. The summed E-state index contributed by atoms with van der Waals surface area (Å²) in [5, 5.41) is 6.05. The van der Waals surface area contributed by atoms with E-state index in [1.807, 2.05) is 117 Å². The second kappa shape index (κ2) is 9.60. The fraction of sp³-hybridized carbons (Fsp3) is 0.167. The van der Waals surface area contributed by atoms with Crippen LogP contribution in [0, 0.1) is 0 Å². The van der Waals surface area contributed by atoms with Crippen molar-refractivity contribution in [1.82, 2.24) is 0 Å². The summed E-state index contributed by atoms with van der Waals surface area (Å²) in [6.45, 7) is 0. The molecule has 0 aromatic heterocycles. The molecule has 6 heteroatoms. The van der Waals surface area contributed by atoms with Gasteiger partial charge in [-0.1, -0.05) is 18.2 Å². The first kappa shape index (κ1) is 20.9. The zero-order valence-electron chi connectivity index (χ0n) is 17.8. The molecular weight excluding hydrogens is 374 g/mol. The summed E-state index contributed by atoms with van der Waals surface area (Å²) in [4.78, 5) is 21.6. The average Bonchev–Trinajstić information content (AvgIpc) is 2.74. The van der Waals surface area contributed by atoms with Crippen molar-refractivity contribution < 1.29 is 4.79 Å². The number of hydrogen-bond acceptors (Lipinski definition) is 4. The van der Waals surface area contributed by atoms with Crippen molar-refractivity contribution in [2.45, 2.75) is 0 Å². The number of rotatable bonds is 5. The van der Waals surface area contributed by atoms with Crippen LogP contribution in [0.1, 0.15) is 0 Å². The Morgan fingerprint density at radius 3 is 1.70 bits per heavy atom. The zero-order valence-corrected chi connectivity index (χ0v) is 17.8. The molecule has 0 aliphatic carbocycles. The van der Waals surface area contributed by atoms with Gasteiger partial charge < -0.3 is 20.4 Å². The van der Waals surface area contributed by atoms with Gasteiger partial charge in [0.05, 0.1) is 5.69 Å². The van der Waals surface area contributed by atoms with Gasteiger partial charge in [0.15, 0.2) is 5.84 Å². The van der Waals surface area contributed by atoms with Crippen molar-refractivity contribution in [3.8, 4) is 0 Å². The summed E-state index contributed by atoms with van der Waals surface area (Å²) >= 11 is 0. The topological polar surface area (TPSA) is 60.0 Å². The predicted molar refractivity (Wildman–Crippen MR) is 127 cm³/mol. The monoisotopic (exact) mass is 401 g/mol. The summed E-state index contributed by atoms with van der Waals surface area (Å²) in [5.74, 6) is -0.0939. The normalized spacial score (nSPS) is 11.0. The van der Waals surface area contributed by atoms with E-state index in [1.165, 1.54) is 0 Å². The molecule has 0 radical (unpaired) electrons. The maximum atomic E-state index is 13.0. The maximum absolute atomic E-state index is 13.0. The largest absolute Gasteiger partial charge is 0.378 e. The summed E-state index contributed by atoms with van der Waals surface area (Å²) in [7, 11) is 7.92. The number of para-hydroxylation sites is 1. The highest BCUT2D eigenvalue weighted by Gasteiger charge is 2.13. The molecule has 30 heavy (non-hydrogen) atoms. The Morgan fingerprint density at radius 1 is 0.667 bits per heavy atom. The lowest BCUT2D eigenvalue weighted by Gasteiger charge is -2.14. The van der Waals surface area contributed by atoms with Crippen LogP contribution < -0.4 is 20.4 Å². The average molecular weight is 402 g/mol. The number of carbonyl (C=O) groups excluding carboxylic acids is 1. The number of amides is 1. The van der Waals surface area contributed by atoms with Crippen LogP contribution in [0.15, 0.2) is 83.9 Å². The van der Waals surface area contributed by atoms with Crippen LogP contribution in [0.2, 0.25) is 0 Å². The summed E-state index contributed by atoms with van der Waals surface area (Å²) in [5.41, 5.74) is 4.31. The number of carbonyl (C=O) groups is 1. The van der Waals surface area contributed by atoms with E-state index in [0.29, 0.717) is 11.4 Å². The van der Waals surface area contributed by atoms with E-state index in [9.17, 15) is 4.79 Å². The van der Waals surface area contributed by atoms with Crippen LogP contribution in [0.5, 0.6) is 0 Å². The Morgan fingerprint density at radius 2 is 1.17 bits per heavy atom. The molecule has 2 N–H and O–H groups in total. The molecule has 0 aliphatic heterocycles. The van der Waals surface area contributed by atoms with Gasteiger partial charge in [0, 0.05) is 50.9 Å². The Hall–Kier alpha value is -3.80. The number of nitrogens with zero attached hydrogens (tertiary/aromatic N) is 3. The third-order valence-electron chi connectivity index (χ3n) is 4.50. The summed E-state index contributed by atoms with van der Waals surface area (Å²) in [6, 6.07) is 24.9. The molecule has 154 valence electrons. The molecule has 0 saturated heterocycles. The van der Waals surface area contributed by atoms with Crippen molar-refractivity contribution >= 4 is 40.2 Å². The Balaban J connectivity index is 1.85. The van der Waals surface area contributed by atoms with Crippen molar-refractivity contribution in [2.24, 2.45) is 4.99 Å². The van der Waals surface area contributed by atoms with E-state index in [2.05, 4.69) is 15.6 Å². The van der Waals surface area contributed by atoms with Gasteiger partial charge in [-0.15, -0.1) is 0 Å². The maximum Gasteiger partial charge on any atom is 0.291 e. The minimum absolute atomic E-state index is 0.218. The van der Waals surface area contributed by atoms with Crippen LogP contribution >= 0.6 is 0 Å². The van der Waals surface area contributed by atoms with Crippen molar-refractivity contribution in [3.63, 3.8) is 0 Å². The fourth-order valence-corrected chi connectivity index (χ4v) is 2.78. The van der Waals surface area contributed by atoms with Crippen molar-refractivity contribution in [3.05, 3.63) is 78.9 Å². The number of aliphatic imine (C=N–C) groups is 1. The van der Waals surface area contributed by atoms with E-state index < -0.39 is 0 Å². The third-order valence-corrected chi connectivity index (χ3v) is 4.50. The molecule has 0 fully saturated rings. The van der Waals surface area contributed by atoms with Gasteiger partial charge >= 0.3 is 0 Å².